The van der Waals surface area contributed by atoms with Gasteiger partial charge >= 0.3 is 11.9 Å². The van der Waals surface area contributed by atoms with E-state index in [1.54, 1.807) is 12.1 Å². The SMILES string of the molecule is COC(=O)c1nc(-c2ccc(Br)o2)oc1C(=O)OC. The zero-order chi connectivity index (χ0) is 14.0. The molecule has 0 spiro atoms. The lowest BCUT2D eigenvalue weighted by molar-refractivity contribution is 0.0527. The lowest BCUT2D eigenvalue weighted by atomic mass is 10.3. The summed E-state index contributed by atoms with van der Waals surface area (Å²) in [4.78, 5) is 26.9. The monoisotopic (exact) mass is 329 g/mol. The lowest BCUT2D eigenvalue weighted by Gasteiger charge is -1.96. The maximum absolute atomic E-state index is 11.5. The Bertz CT molecular complexity index is 595. The third-order valence-corrected chi connectivity index (χ3v) is 2.59. The molecule has 0 saturated heterocycles. The Labute approximate surface area is 115 Å². The molecule has 0 aliphatic heterocycles. The molecule has 0 radical (unpaired) electrons. The minimum absolute atomic E-state index is 0.0218. The van der Waals surface area contributed by atoms with Crippen molar-refractivity contribution in [3.63, 3.8) is 0 Å². The number of hydrogen-bond acceptors (Lipinski definition) is 7. The van der Waals surface area contributed by atoms with E-state index in [9.17, 15) is 9.59 Å². The lowest BCUT2D eigenvalue weighted by Crippen LogP contribution is -2.10. The Kier molecular flexibility index (Phi) is 3.70. The first-order valence-corrected chi connectivity index (χ1v) is 5.79. The summed E-state index contributed by atoms with van der Waals surface area (Å²) in [5.74, 6) is -1.73. The van der Waals surface area contributed by atoms with Gasteiger partial charge in [0.05, 0.1) is 14.2 Å². The van der Waals surface area contributed by atoms with Gasteiger partial charge in [0.1, 0.15) is 0 Å². The van der Waals surface area contributed by atoms with Crippen LogP contribution in [0, 0.1) is 0 Å². The molecular formula is C11H8BrNO6. The van der Waals surface area contributed by atoms with Gasteiger partial charge in [-0.15, -0.1) is 0 Å². The molecule has 0 bridgehead atoms. The average molecular weight is 330 g/mol. The Hall–Kier alpha value is -2.09. The zero-order valence-electron chi connectivity index (χ0n) is 9.93. The molecule has 2 heterocycles. The van der Waals surface area contributed by atoms with Gasteiger partial charge < -0.3 is 18.3 Å². The van der Waals surface area contributed by atoms with Crippen molar-refractivity contribution in [3.8, 4) is 11.7 Å². The summed E-state index contributed by atoms with van der Waals surface area (Å²) in [5.41, 5.74) is -0.267. The molecule has 0 fully saturated rings. The number of carbonyl (C=O) groups excluding carboxylic acids is 2. The smallest absolute Gasteiger partial charge is 0.376 e. The van der Waals surface area contributed by atoms with Crippen molar-refractivity contribution in [1.29, 1.82) is 0 Å². The summed E-state index contributed by atoms with van der Waals surface area (Å²) in [5, 5.41) is 0. The molecule has 2 aromatic heterocycles. The summed E-state index contributed by atoms with van der Waals surface area (Å²) in [7, 11) is 2.33. The van der Waals surface area contributed by atoms with E-state index in [1.807, 2.05) is 0 Å². The first kappa shape index (κ1) is 13.3. The third kappa shape index (κ3) is 2.53. The number of rotatable bonds is 3. The molecule has 0 aliphatic rings. The van der Waals surface area contributed by atoms with Crippen LogP contribution in [0.3, 0.4) is 0 Å². The minimum Gasteiger partial charge on any atom is -0.464 e. The molecule has 0 aliphatic carbocycles. The fraction of sp³-hybridized carbons (Fsp3) is 0.182. The van der Waals surface area contributed by atoms with Crippen molar-refractivity contribution in [1.82, 2.24) is 4.98 Å². The van der Waals surface area contributed by atoms with Crippen LogP contribution in [0.1, 0.15) is 21.0 Å². The van der Waals surface area contributed by atoms with Gasteiger partial charge in [-0.25, -0.2) is 9.59 Å². The number of furan rings is 1. The quantitative estimate of drug-likeness (QED) is 0.797. The number of halogens is 1. The van der Waals surface area contributed by atoms with E-state index in [-0.39, 0.29) is 23.1 Å². The Balaban J connectivity index is 2.51. The average Bonchev–Trinajstić information content (AvgIpc) is 3.02. The van der Waals surface area contributed by atoms with E-state index in [4.69, 9.17) is 8.83 Å². The number of esters is 2. The molecule has 7 nitrogen and oxygen atoms in total. The molecule has 0 N–H and O–H groups in total. The number of oxazole rings is 1. The first-order valence-electron chi connectivity index (χ1n) is 5.00. The fourth-order valence-electron chi connectivity index (χ4n) is 1.32. The van der Waals surface area contributed by atoms with E-state index in [0.717, 1.165) is 7.11 Å². The van der Waals surface area contributed by atoms with Crippen LogP contribution in [0.4, 0.5) is 0 Å². The highest BCUT2D eigenvalue weighted by Crippen LogP contribution is 2.27. The van der Waals surface area contributed by atoms with Crippen LogP contribution in [-0.2, 0) is 9.47 Å². The molecule has 8 heteroatoms. The van der Waals surface area contributed by atoms with Gasteiger partial charge in [0.15, 0.2) is 10.4 Å². The second-order valence-corrected chi connectivity index (χ2v) is 4.07. The van der Waals surface area contributed by atoms with Crippen molar-refractivity contribution in [2.24, 2.45) is 0 Å². The number of ether oxygens (including phenoxy) is 2. The highest BCUT2D eigenvalue weighted by atomic mass is 79.9. The van der Waals surface area contributed by atoms with Crippen LogP contribution in [0.5, 0.6) is 0 Å². The molecule has 0 amide bonds. The van der Waals surface area contributed by atoms with Crippen LogP contribution >= 0.6 is 15.9 Å². The molecule has 0 saturated carbocycles. The highest BCUT2D eigenvalue weighted by molar-refractivity contribution is 9.10. The standard InChI is InChI=1S/C11H8BrNO6/c1-16-10(14)7-8(11(15)17-2)19-9(13-7)5-3-4-6(12)18-5/h3-4H,1-2H3. The van der Waals surface area contributed by atoms with Gasteiger partial charge in [0.2, 0.25) is 11.5 Å². The summed E-state index contributed by atoms with van der Waals surface area (Å²) < 4.78 is 19.9. The molecule has 2 rings (SSSR count). The molecule has 0 unspecified atom stereocenters. The third-order valence-electron chi connectivity index (χ3n) is 2.16. The number of nitrogens with zero attached hydrogens (tertiary/aromatic N) is 1. The number of aromatic nitrogens is 1. The Morgan fingerprint density at radius 2 is 1.84 bits per heavy atom. The van der Waals surface area contributed by atoms with E-state index < -0.39 is 11.9 Å². The van der Waals surface area contributed by atoms with E-state index in [0.29, 0.717) is 4.67 Å². The van der Waals surface area contributed by atoms with Crippen LogP contribution in [0.25, 0.3) is 11.7 Å². The predicted molar refractivity (Wildman–Crippen MR) is 64.6 cm³/mol. The molecule has 0 atom stereocenters. The molecule has 19 heavy (non-hydrogen) atoms. The van der Waals surface area contributed by atoms with Crippen molar-refractivity contribution < 1.29 is 27.9 Å². The van der Waals surface area contributed by atoms with Gasteiger partial charge in [0.25, 0.3) is 5.89 Å². The number of methoxy groups -OCH3 is 2. The summed E-state index contributed by atoms with van der Waals surface area (Å²) >= 11 is 3.12. The van der Waals surface area contributed by atoms with E-state index in [2.05, 4.69) is 30.4 Å². The summed E-state index contributed by atoms with van der Waals surface area (Å²) in [6, 6.07) is 3.19. The zero-order valence-corrected chi connectivity index (χ0v) is 11.5. The minimum atomic E-state index is -0.829. The van der Waals surface area contributed by atoms with Gasteiger partial charge in [-0.2, -0.15) is 4.98 Å². The van der Waals surface area contributed by atoms with Gasteiger partial charge in [-0.3, -0.25) is 0 Å². The Morgan fingerprint density at radius 3 is 2.37 bits per heavy atom. The van der Waals surface area contributed by atoms with Gasteiger partial charge in [-0.1, -0.05) is 0 Å². The van der Waals surface area contributed by atoms with Crippen LogP contribution in [-0.4, -0.2) is 31.1 Å². The maximum Gasteiger partial charge on any atom is 0.376 e. The van der Waals surface area contributed by atoms with Gasteiger partial charge in [0, 0.05) is 0 Å². The summed E-state index contributed by atoms with van der Waals surface area (Å²) in [6.45, 7) is 0. The second kappa shape index (κ2) is 5.27. The molecular weight excluding hydrogens is 322 g/mol. The maximum atomic E-state index is 11.5. The number of carbonyl (C=O) groups is 2. The number of hydrogen-bond donors (Lipinski definition) is 0. The largest absolute Gasteiger partial charge is 0.464 e. The highest BCUT2D eigenvalue weighted by Gasteiger charge is 2.28. The molecule has 100 valence electrons. The van der Waals surface area contributed by atoms with Crippen LogP contribution in [0.15, 0.2) is 25.6 Å². The Morgan fingerprint density at radius 1 is 1.16 bits per heavy atom. The first-order chi connectivity index (χ1) is 9.06. The fourth-order valence-corrected chi connectivity index (χ4v) is 1.63. The second-order valence-electron chi connectivity index (χ2n) is 3.28. The predicted octanol–water partition coefficient (Wildman–Crippen LogP) is 2.27. The van der Waals surface area contributed by atoms with E-state index in [1.165, 1.54) is 7.11 Å². The summed E-state index contributed by atoms with van der Waals surface area (Å²) in [6.07, 6.45) is 0. The normalized spacial score (nSPS) is 10.3. The van der Waals surface area contributed by atoms with Crippen molar-refractivity contribution in [3.05, 3.63) is 28.3 Å². The van der Waals surface area contributed by atoms with Crippen LogP contribution in [0.2, 0.25) is 0 Å². The molecule has 0 aromatic carbocycles. The van der Waals surface area contributed by atoms with E-state index >= 15 is 0 Å². The molecule has 2 aromatic rings. The van der Waals surface area contributed by atoms with Gasteiger partial charge in [-0.05, 0) is 28.1 Å². The van der Waals surface area contributed by atoms with Crippen molar-refractivity contribution in [2.45, 2.75) is 0 Å². The topological polar surface area (TPSA) is 91.8 Å². The van der Waals surface area contributed by atoms with Crippen molar-refractivity contribution in [2.75, 3.05) is 14.2 Å². The van der Waals surface area contributed by atoms with Crippen LogP contribution < -0.4 is 0 Å². The van der Waals surface area contributed by atoms with Crippen molar-refractivity contribution >= 4 is 27.9 Å².